The van der Waals surface area contributed by atoms with Crippen LogP contribution in [0.4, 0.5) is 4.39 Å². The summed E-state index contributed by atoms with van der Waals surface area (Å²) in [5.41, 5.74) is 6.53. The Bertz CT molecular complexity index is 475. The van der Waals surface area contributed by atoms with E-state index in [9.17, 15) is 9.18 Å². The van der Waals surface area contributed by atoms with E-state index in [2.05, 4.69) is 10.2 Å². The van der Waals surface area contributed by atoms with E-state index in [1.165, 1.54) is 18.6 Å². The van der Waals surface area contributed by atoms with Crippen LogP contribution in [0.5, 0.6) is 0 Å². The summed E-state index contributed by atoms with van der Waals surface area (Å²) in [7, 11) is 0. The van der Waals surface area contributed by atoms with Crippen molar-refractivity contribution in [3.63, 3.8) is 0 Å². The Morgan fingerprint density at radius 2 is 2.18 bits per heavy atom. The van der Waals surface area contributed by atoms with Gasteiger partial charge in [-0.15, -0.1) is 0 Å². The van der Waals surface area contributed by atoms with Crippen LogP contribution in [0.25, 0.3) is 0 Å². The van der Waals surface area contributed by atoms with Gasteiger partial charge in [0.2, 0.25) is 5.91 Å². The van der Waals surface area contributed by atoms with Crippen molar-refractivity contribution in [2.75, 3.05) is 26.2 Å². The fourth-order valence-corrected chi connectivity index (χ4v) is 3.09. The Balaban J connectivity index is 1.80. The van der Waals surface area contributed by atoms with Gasteiger partial charge in [0, 0.05) is 6.54 Å². The normalized spacial score (nSPS) is 20.6. The maximum atomic E-state index is 12.9. The van der Waals surface area contributed by atoms with Crippen LogP contribution in [-0.2, 0) is 4.79 Å². The van der Waals surface area contributed by atoms with Gasteiger partial charge in [0.05, 0.1) is 12.6 Å². The van der Waals surface area contributed by atoms with E-state index in [1.54, 1.807) is 12.1 Å². The van der Waals surface area contributed by atoms with Crippen LogP contribution in [0, 0.1) is 11.7 Å². The van der Waals surface area contributed by atoms with Crippen molar-refractivity contribution in [1.82, 2.24) is 10.2 Å². The van der Waals surface area contributed by atoms with Crippen LogP contribution < -0.4 is 11.1 Å². The maximum Gasteiger partial charge on any atom is 0.234 e. The summed E-state index contributed by atoms with van der Waals surface area (Å²) in [6, 6.07) is 6.13. The van der Waals surface area contributed by atoms with Crippen molar-refractivity contribution < 1.29 is 9.18 Å². The van der Waals surface area contributed by atoms with Gasteiger partial charge < -0.3 is 11.1 Å². The van der Waals surface area contributed by atoms with Gasteiger partial charge in [-0.3, -0.25) is 9.69 Å². The average molecular weight is 307 g/mol. The third kappa shape index (κ3) is 5.07. The van der Waals surface area contributed by atoms with E-state index < -0.39 is 0 Å². The summed E-state index contributed by atoms with van der Waals surface area (Å²) in [6.45, 7) is 4.98. The number of nitrogens with two attached hydrogens (primary N) is 1. The number of nitrogens with zero attached hydrogens (tertiary/aromatic N) is 1. The second-order valence-electron chi connectivity index (χ2n) is 6.16. The molecule has 1 aromatic carbocycles. The van der Waals surface area contributed by atoms with Gasteiger partial charge in [-0.05, 0) is 62.9 Å². The van der Waals surface area contributed by atoms with E-state index in [0.717, 1.165) is 31.5 Å². The van der Waals surface area contributed by atoms with E-state index in [-0.39, 0.29) is 17.8 Å². The number of halogens is 1. The molecule has 0 saturated carbocycles. The molecule has 1 saturated heterocycles. The number of carbonyl (C=O) groups is 1. The monoisotopic (exact) mass is 307 g/mol. The maximum absolute atomic E-state index is 12.9. The van der Waals surface area contributed by atoms with Gasteiger partial charge in [0.25, 0.3) is 0 Å². The fraction of sp³-hybridized carbons (Fsp3) is 0.588. The molecule has 0 radical (unpaired) electrons. The van der Waals surface area contributed by atoms with Crippen molar-refractivity contribution >= 4 is 5.91 Å². The van der Waals surface area contributed by atoms with Crippen molar-refractivity contribution in [1.29, 1.82) is 0 Å². The molecule has 1 fully saturated rings. The molecule has 1 heterocycles. The zero-order valence-electron chi connectivity index (χ0n) is 13.2. The summed E-state index contributed by atoms with van der Waals surface area (Å²) >= 11 is 0. The first-order chi connectivity index (χ1) is 10.6. The lowest BCUT2D eigenvalue weighted by atomic mass is 9.95. The van der Waals surface area contributed by atoms with E-state index in [0.29, 0.717) is 19.0 Å². The van der Waals surface area contributed by atoms with Crippen LogP contribution in [0.15, 0.2) is 24.3 Å². The van der Waals surface area contributed by atoms with Gasteiger partial charge in [0.15, 0.2) is 0 Å². The van der Waals surface area contributed by atoms with Crippen LogP contribution in [0.2, 0.25) is 0 Å². The zero-order valence-corrected chi connectivity index (χ0v) is 13.2. The Morgan fingerprint density at radius 1 is 1.45 bits per heavy atom. The minimum atomic E-state index is -0.262. The first-order valence-corrected chi connectivity index (χ1v) is 8.05. The molecule has 1 aliphatic rings. The van der Waals surface area contributed by atoms with Gasteiger partial charge in [-0.2, -0.15) is 0 Å². The molecule has 0 bridgehead atoms. The average Bonchev–Trinajstić information content (AvgIpc) is 2.48. The highest BCUT2D eigenvalue weighted by molar-refractivity contribution is 5.78. The molecule has 1 aromatic rings. The number of benzene rings is 1. The number of piperidine rings is 1. The lowest BCUT2D eigenvalue weighted by molar-refractivity contribution is -0.123. The number of carbonyl (C=O) groups excluding carboxylic acids is 1. The van der Waals surface area contributed by atoms with Crippen molar-refractivity contribution in [3.05, 3.63) is 35.6 Å². The predicted molar refractivity (Wildman–Crippen MR) is 85.8 cm³/mol. The molecule has 0 aliphatic carbocycles. The van der Waals surface area contributed by atoms with Crippen LogP contribution >= 0.6 is 0 Å². The molecule has 122 valence electrons. The molecular weight excluding hydrogens is 281 g/mol. The summed E-state index contributed by atoms with van der Waals surface area (Å²) in [5.74, 6) is 0.368. The number of hydrogen-bond acceptors (Lipinski definition) is 3. The summed E-state index contributed by atoms with van der Waals surface area (Å²) in [6.07, 6.45) is 3.37. The minimum Gasteiger partial charge on any atom is -0.348 e. The smallest absolute Gasteiger partial charge is 0.234 e. The molecule has 22 heavy (non-hydrogen) atoms. The van der Waals surface area contributed by atoms with Crippen LogP contribution in [0.1, 0.15) is 37.8 Å². The molecule has 0 aromatic heterocycles. The lowest BCUT2D eigenvalue weighted by Crippen LogP contribution is -2.43. The third-order valence-electron chi connectivity index (χ3n) is 4.29. The fourth-order valence-electron chi connectivity index (χ4n) is 3.09. The largest absolute Gasteiger partial charge is 0.348 e. The number of hydrogen-bond donors (Lipinski definition) is 2. The molecule has 1 aliphatic heterocycles. The summed E-state index contributed by atoms with van der Waals surface area (Å²) < 4.78 is 12.9. The van der Waals surface area contributed by atoms with Gasteiger partial charge in [-0.1, -0.05) is 12.1 Å². The molecule has 2 atom stereocenters. The Kier molecular flexibility index (Phi) is 6.34. The van der Waals surface area contributed by atoms with Crippen molar-refractivity contribution in [2.45, 2.75) is 32.2 Å². The second kappa shape index (κ2) is 8.25. The first-order valence-electron chi connectivity index (χ1n) is 8.05. The van der Waals surface area contributed by atoms with Gasteiger partial charge >= 0.3 is 0 Å². The standard InChI is InChI=1S/C17H26FN3O/c1-13(15-4-6-16(18)7-5-15)20-17(22)12-21-10-2-3-14(11-21)8-9-19/h4-7,13-14H,2-3,8-12,19H2,1H3,(H,20,22). The first kappa shape index (κ1) is 16.9. The van der Waals surface area contributed by atoms with Crippen molar-refractivity contribution in [3.8, 4) is 0 Å². The van der Waals surface area contributed by atoms with E-state index >= 15 is 0 Å². The molecule has 2 rings (SSSR count). The van der Waals surface area contributed by atoms with E-state index in [4.69, 9.17) is 5.73 Å². The summed E-state index contributed by atoms with van der Waals surface area (Å²) in [5, 5.41) is 2.98. The number of likely N-dealkylation sites (tertiary alicyclic amines) is 1. The topological polar surface area (TPSA) is 58.4 Å². The molecular formula is C17H26FN3O. The zero-order chi connectivity index (χ0) is 15.9. The third-order valence-corrected chi connectivity index (χ3v) is 4.29. The molecule has 3 N–H and O–H groups in total. The van der Waals surface area contributed by atoms with Crippen LogP contribution in [-0.4, -0.2) is 37.0 Å². The molecule has 4 nitrogen and oxygen atoms in total. The molecule has 0 spiro atoms. The number of amides is 1. The number of nitrogens with one attached hydrogen (secondary N) is 1. The van der Waals surface area contributed by atoms with Crippen molar-refractivity contribution in [2.24, 2.45) is 11.7 Å². The lowest BCUT2D eigenvalue weighted by Gasteiger charge is -2.32. The highest BCUT2D eigenvalue weighted by Crippen LogP contribution is 2.19. The van der Waals surface area contributed by atoms with Gasteiger partial charge in [0.1, 0.15) is 5.82 Å². The predicted octanol–water partition coefficient (Wildman–Crippen LogP) is 2.06. The Labute approximate surface area is 131 Å². The quantitative estimate of drug-likeness (QED) is 0.846. The van der Waals surface area contributed by atoms with E-state index in [1.807, 2.05) is 6.92 Å². The van der Waals surface area contributed by atoms with Crippen LogP contribution in [0.3, 0.4) is 0 Å². The molecule has 2 unspecified atom stereocenters. The summed E-state index contributed by atoms with van der Waals surface area (Å²) in [4.78, 5) is 14.4. The SMILES string of the molecule is CC(NC(=O)CN1CCCC(CCN)C1)c1ccc(F)cc1. The van der Waals surface area contributed by atoms with Gasteiger partial charge in [-0.25, -0.2) is 4.39 Å². The molecule has 1 amide bonds. The number of rotatable bonds is 6. The Morgan fingerprint density at radius 3 is 2.86 bits per heavy atom. The highest BCUT2D eigenvalue weighted by atomic mass is 19.1. The Hall–Kier alpha value is -1.46. The second-order valence-corrected chi connectivity index (χ2v) is 6.16. The minimum absolute atomic E-state index is 0.0187. The highest BCUT2D eigenvalue weighted by Gasteiger charge is 2.21. The molecule has 5 heteroatoms.